The molecule has 1 saturated heterocycles. The molecule has 0 saturated carbocycles. The Balaban J connectivity index is 2.12. The molecule has 1 aliphatic heterocycles. The second kappa shape index (κ2) is 28.6. The molecule has 19 N–H and O–H groups in total. The monoisotopic (exact) mass is 982 g/mol. The Kier molecular flexibility index (Phi) is 23.9. The van der Waals surface area contributed by atoms with Gasteiger partial charge in [-0.2, -0.15) is 0 Å². The molecule has 0 bridgehead atoms. The molecule has 8 amide bonds. The average Bonchev–Trinajstić information content (AvgIpc) is 3.99. The summed E-state index contributed by atoms with van der Waals surface area (Å²) in [5, 5.41) is 73.2. The molecule has 8 unspecified atom stereocenters. The third kappa shape index (κ3) is 20.1. The number of carboxylic acid groups (broad SMARTS) is 3. The number of aromatic nitrogens is 2. The fourth-order valence-electron chi connectivity index (χ4n) is 6.77. The number of amides is 8. The Morgan fingerprint density at radius 1 is 0.768 bits per heavy atom. The number of imidazole rings is 1. The molecule has 1 fully saturated rings. The van der Waals surface area contributed by atoms with E-state index in [1.807, 2.05) is 29.8 Å². The number of likely N-dealkylation sites (tertiary alicyclic amines) is 1. The molecule has 1 aromatic rings. The number of guanidine groups is 1. The molecule has 8 atom stereocenters. The highest BCUT2D eigenvalue weighted by atomic mass is 16.4. The maximum Gasteiger partial charge on any atom is 0.326 e. The number of nitrogens with two attached hydrogens (primary N) is 2. The fraction of sp³-hybridized carbons (Fsp3) is 0.615. The zero-order chi connectivity index (χ0) is 52.0. The second-order valence-electron chi connectivity index (χ2n) is 16.2. The summed E-state index contributed by atoms with van der Waals surface area (Å²) < 4.78 is 0. The standard InChI is InChI=1S/C39H62N14O16/c1-18(2)9-20(40)31(61)48-21(5-3-7-44-39(41)42)37(67)53-8-4-6-27(53)36(66)45-14-28(56)47-22(11-29(57)58)32(62)49-23(12-30(59)60)33(63)51-26(16-55)35(65)52-25(15-54)34(64)50-24(38(68)69)10-19-13-43-17-46-19/h13,17-18,20-27,54-55H,3-12,14-16,40H2,1-2H3,(H,43,46)(H,45,66)(H,47,56)(H,48,61)(H,49,62)(H,50,64)(H,51,63)(H,52,65)(H,57,58)(H,59,60)(H,68,69)(H4,41,42,44). The quantitative estimate of drug-likeness (QED) is 0.0193. The lowest BCUT2D eigenvalue weighted by Gasteiger charge is -2.29. The first-order valence-electron chi connectivity index (χ1n) is 21.6. The van der Waals surface area contributed by atoms with Crippen LogP contribution in [0.5, 0.6) is 0 Å². The van der Waals surface area contributed by atoms with Crippen LogP contribution in [0.2, 0.25) is 0 Å². The van der Waals surface area contributed by atoms with Gasteiger partial charge in [-0.15, -0.1) is 0 Å². The van der Waals surface area contributed by atoms with Crippen molar-refractivity contribution in [2.75, 3.05) is 32.8 Å². The Morgan fingerprint density at radius 3 is 1.78 bits per heavy atom. The van der Waals surface area contributed by atoms with Crippen molar-refractivity contribution < 1.29 is 78.3 Å². The number of aliphatic hydroxyl groups excluding tert-OH is 2. The van der Waals surface area contributed by atoms with Crippen molar-refractivity contribution in [3.63, 3.8) is 0 Å². The lowest BCUT2D eigenvalue weighted by atomic mass is 10.0. The van der Waals surface area contributed by atoms with Gasteiger partial charge in [0.25, 0.3) is 0 Å². The molecule has 30 heteroatoms. The number of nitrogens with zero attached hydrogens (tertiary/aromatic N) is 2. The number of aromatic amines is 1. The van der Waals surface area contributed by atoms with Crippen molar-refractivity contribution >= 4 is 71.1 Å². The van der Waals surface area contributed by atoms with Crippen LogP contribution in [0.25, 0.3) is 0 Å². The molecule has 30 nitrogen and oxygen atoms in total. The maximum atomic E-state index is 13.8. The van der Waals surface area contributed by atoms with Crippen LogP contribution >= 0.6 is 0 Å². The van der Waals surface area contributed by atoms with Gasteiger partial charge in [-0.25, -0.2) is 9.78 Å². The van der Waals surface area contributed by atoms with Crippen LogP contribution in [0.15, 0.2) is 12.5 Å². The number of carbonyl (C=O) groups excluding carboxylic acids is 8. The van der Waals surface area contributed by atoms with Crippen LogP contribution in [-0.2, 0) is 59.2 Å². The Labute approximate surface area is 393 Å². The number of hydrogen-bond donors (Lipinski definition) is 17. The third-order valence-corrected chi connectivity index (χ3v) is 10.2. The lowest BCUT2D eigenvalue weighted by molar-refractivity contribution is -0.144. The van der Waals surface area contributed by atoms with E-state index in [-0.39, 0.29) is 56.3 Å². The first kappa shape index (κ1) is 57.7. The first-order valence-corrected chi connectivity index (χ1v) is 21.6. The number of H-pyrrole nitrogens is 1. The molecule has 0 spiro atoms. The third-order valence-electron chi connectivity index (χ3n) is 10.2. The molecule has 2 rings (SSSR count). The SMILES string of the molecule is CC(C)CC(N)C(=O)NC(CCCNC(=N)N)C(=O)N1CCCC1C(=O)NCC(=O)NC(CC(=O)O)C(=O)NC(CC(=O)O)C(=O)NC(CO)C(=O)NC(CO)C(=O)NC(Cc1c[nH]cn1)C(=O)O. The molecular weight excluding hydrogens is 921 g/mol. The van der Waals surface area contributed by atoms with Crippen LogP contribution in [0.1, 0.15) is 64.5 Å². The molecule has 2 heterocycles. The van der Waals surface area contributed by atoms with Crippen LogP contribution < -0.4 is 54.0 Å². The molecular formula is C39H62N14O16. The summed E-state index contributed by atoms with van der Waals surface area (Å²) in [6.07, 6.45) is 1.15. The van der Waals surface area contributed by atoms with Gasteiger partial charge in [-0.1, -0.05) is 13.8 Å². The molecule has 1 aliphatic rings. The number of nitrogens with one attached hydrogen (secondary N) is 10. The van der Waals surface area contributed by atoms with Gasteiger partial charge >= 0.3 is 17.9 Å². The van der Waals surface area contributed by atoms with E-state index in [9.17, 15) is 78.3 Å². The number of aliphatic carboxylic acids is 3. The van der Waals surface area contributed by atoms with E-state index in [0.29, 0.717) is 12.8 Å². The van der Waals surface area contributed by atoms with Gasteiger partial charge in [-0.05, 0) is 38.0 Å². The summed E-state index contributed by atoms with van der Waals surface area (Å²) in [5.41, 5.74) is 11.6. The molecule has 69 heavy (non-hydrogen) atoms. The Bertz CT molecular complexity index is 2000. The minimum atomic E-state index is -2.10. The first-order chi connectivity index (χ1) is 32.5. The number of hydrogen-bond acceptors (Lipinski definition) is 16. The summed E-state index contributed by atoms with van der Waals surface area (Å²) >= 11 is 0. The molecule has 0 aliphatic carbocycles. The van der Waals surface area contributed by atoms with Gasteiger partial charge in [0.05, 0.1) is 50.7 Å². The van der Waals surface area contributed by atoms with E-state index in [0.717, 1.165) is 0 Å². The topological polar surface area (TPSA) is 493 Å². The summed E-state index contributed by atoms with van der Waals surface area (Å²) in [6, 6.07) is -12.7. The van der Waals surface area contributed by atoms with Crippen LogP contribution in [-0.4, -0.2) is 193 Å². The number of rotatable bonds is 30. The van der Waals surface area contributed by atoms with Crippen molar-refractivity contribution in [1.29, 1.82) is 5.41 Å². The molecule has 384 valence electrons. The smallest absolute Gasteiger partial charge is 0.326 e. The molecule has 0 aromatic carbocycles. The van der Waals surface area contributed by atoms with Gasteiger partial charge in [0.2, 0.25) is 47.3 Å². The van der Waals surface area contributed by atoms with E-state index < -0.39 is 146 Å². The molecule has 1 aromatic heterocycles. The normalized spacial score (nSPS) is 16.2. The summed E-state index contributed by atoms with van der Waals surface area (Å²) in [5.74, 6) is -13.7. The fourth-order valence-corrected chi connectivity index (χ4v) is 6.77. The summed E-state index contributed by atoms with van der Waals surface area (Å²) in [7, 11) is 0. The van der Waals surface area contributed by atoms with Crippen molar-refractivity contribution in [3.8, 4) is 0 Å². The highest BCUT2D eigenvalue weighted by Crippen LogP contribution is 2.20. The Hall–Kier alpha value is -7.47. The van der Waals surface area contributed by atoms with E-state index in [1.54, 1.807) is 0 Å². The van der Waals surface area contributed by atoms with Crippen molar-refractivity contribution in [3.05, 3.63) is 18.2 Å². The van der Waals surface area contributed by atoms with Crippen molar-refractivity contribution in [2.24, 2.45) is 17.4 Å². The van der Waals surface area contributed by atoms with E-state index in [1.165, 1.54) is 17.4 Å². The minimum Gasteiger partial charge on any atom is -0.481 e. The summed E-state index contributed by atoms with van der Waals surface area (Å²) in [6.45, 7) is 0.818. The number of carboxylic acids is 3. The Morgan fingerprint density at radius 2 is 1.29 bits per heavy atom. The van der Waals surface area contributed by atoms with E-state index in [4.69, 9.17) is 16.9 Å². The highest BCUT2D eigenvalue weighted by molar-refractivity contribution is 5.99. The molecule has 0 radical (unpaired) electrons. The predicted octanol–water partition coefficient (Wildman–Crippen LogP) is -7.38. The van der Waals surface area contributed by atoms with E-state index >= 15 is 0 Å². The van der Waals surface area contributed by atoms with Crippen LogP contribution in [0.3, 0.4) is 0 Å². The average molecular weight is 983 g/mol. The maximum absolute atomic E-state index is 13.8. The van der Waals surface area contributed by atoms with Crippen molar-refractivity contribution in [2.45, 2.75) is 114 Å². The predicted molar refractivity (Wildman–Crippen MR) is 235 cm³/mol. The summed E-state index contributed by atoms with van der Waals surface area (Å²) in [4.78, 5) is 148. The zero-order valence-electron chi connectivity index (χ0n) is 37.8. The van der Waals surface area contributed by atoms with Gasteiger partial charge in [-0.3, -0.25) is 53.4 Å². The van der Waals surface area contributed by atoms with Crippen LogP contribution in [0, 0.1) is 11.3 Å². The van der Waals surface area contributed by atoms with Gasteiger partial charge < -0.3 is 89.4 Å². The van der Waals surface area contributed by atoms with Crippen molar-refractivity contribution in [1.82, 2.24) is 57.4 Å². The lowest BCUT2D eigenvalue weighted by Crippen LogP contribution is -2.60. The van der Waals surface area contributed by atoms with Gasteiger partial charge in [0.15, 0.2) is 5.96 Å². The van der Waals surface area contributed by atoms with Crippen LogP contribution in [0.4, 0.5) is 0 Å². The largest absolute Gasteiger partial charge is 0.481 e. The van der Waals surface area contributed by atoms with E-state index in [2.05, 4.69) is 36.6 Å². The zero-order valence-corrected chi connectivity index (χ0v) is 37.8. The van der Waals surface area contributed by atoms with Gasteiger partial charge in [0, 0.05) is 25.7 Å². The highest BCUT2D eigenvalue weighted by Gasteiger charge is 2.39. The van der Waals surface area contributed by atoms with Gasteiger partial charge in [0.1, 0.15) is 42.3 Å². The minimum absolute atomic E-state index is 0.0623. The second-order valence-corrected chi connectivity index (χ2v) is 16.2. The number of carbonyl (C=O) groups is 11. The number of aliphatic hydroxyl groups is 2.